The summed E-state index contributed by atoms with van der Waals surface area (Å²) >= 11 is 0. The molecule has 0 radical (unpaired) electrons. The van der Waals surface area contributed by atoms with Crippen LogP contribution in [0.15, 0.2) is 65.1 Å². The average Bonchev–Trinajstić information content (AvgIpc) is 3.17. The number of halogens is 2. The number of ether oxygens (including phenoxy) is 1. The van der Waals surface area contributed by atoms with Crippen molar-refractivity contribution in [3.05, 3.63) is 78.1 Å². The lowest BCUT2D eigenvalue weighted by atomic mass is 10.2. The number of nitrogens with one attached hydrogen (secondary N) is 1. The second kappa shape index (κ2) is 8.34. The molecule has 3 rings (SSSR count). The van der Waals surface area contributed by atoms with Crippen molar-refractivity contribution in [2.45, 2.75) is 6.10 Å². The summed E-state index contributed by atoms with van der Waals surface area (Å²) in [7, 11) is 0. The minimum absolute atomic E-state index is 0.0368. The molecule has 0 saturated heterocycles. The molecule has 1 atom stereocenters. The van der Waals surface area contributed by atoms with Gasteiger partial charge in [0.15, 0.2) is 5.76 Å². The third kappa shape index (κ3) is 4.73. The molecule has 0 saturated carbocycles. The number of carbonyl (C=O) groups excluding carboxylic acids is 1. The summed E-state index contributed by atoms with van der Waals surface area (Å²) in [5.41, 5.74) is 0.587. The summed E-state index contributed by atoms with van der Waals surface area (Å²) in [6.45, 7) is -0.335. The van der Waals surface area contributed by atoms with Gasteiger partial charge in [0.25, 0.3) is 5.91 Å². The highest BCUT2D eigenvalue weighted by atomic mass is 19.1. The van der Waals surface area contributed by atoms with Crippen molar-refractivity contribution in [2.24, 2.45) is 0 Å². The Balaban J connectivity index is 1.62. The zero-order chi connectivity index (χ0) is 20.1. The van der Waals surface area contributed by atoms with E-state index in [2.05, 4.69) is 5.32 Å². The highest BCUT2D eigenvalue weighted by Gasteiger charge is 2.22. The van der Waals surface area contributed by atoms with Crippen LogP contribution < -0.4 is 10.1 Å². The predicted molar refractivity (Wildman–Crippen MR) is 94.9 cm³/mol. The summed E-state index contributed by atoms with van der Waals surface area (Å²) in [6.07, 6.45) is -1.37. The third-order valence-electron chi connectivity index (χ3n) is 3.77. The van der Waals surface area contributed by atoms with Crippen LogP contribution in [-0.2, 0) is 4.79 Å². The van der Waals surface area contributed by atoms with Crippen molar-refractivity contribution in [1.82, 2.24) is 5.32 Å². The number of carboxylic acids is 1. The van der Waals surface area contributed by atoms with Gasteiger partial charge >= 0.3 is 5.97 Å². The Morgan fingerprint density at radius 1 is 0.964 bits per heavy atom. The molecular weight excluding hydrogens is 372 g/mol. The second-order valence-corrected chi connectivity index (χ2v) is 5.78. The molecule has 0 fully saturated rings. The highest BCUT2D eigenvalue weighted by Crippen LogP contribution is 2.22. The first kappa shape index (κ1) is 19.1. The lowest BCUT2D eigenvalue weighted by Gasteiger charge is -2.15. The Morgan fingerprint density at radius 3 is 2.18 bits per heavy atom. The van der Waals surface area contributed by atoms with Crippen LogP contribution in [-0.4, -0.2) is 29.6 Å². The Morgan fingerprint density at radius 2 is 1.57 bits per heavy atom. The highest BCUT2D eigenvalue weighted by molar-refractivity contribution is 5.92. The van der Waals surface area contributed by atoms with Crippen molar-refractivity contribution < 1.29 is 32.6 Å². The molecule has 0 bridgehead atoms. The van der Waals surface area contributed by atoms with E-state index in [1.165, 1.54) is 42.5 Å². The quantitative estimate of drug-likeness (QED) is 0.648. The maximum Gasteiger partial charge on any atom is 0.346 e. The number of amides is 1. The molecule has 0 aliphatic rings. The lowest BCUT2D eigenvalue weighted by Crippen LogP contribution is -2.40. The molecule has 3 aromatic rings. The Bertz CT molecular complexity index is 967. The van der Waals surface area contributed by atoms with Crippen LogP contribution in [0.3, 0.4) is 0 Å². The third-order valence-corrected chi connectivity index (χ3v) is 3.77. The topological polar surface area (TPSA) is 88.8 Å². The van der Waals surface area contributed by atoms with Gasteiger partial charge in [-0.25, -0.2) is 13.6 Å². The van der Waals surface area contributed by atoms with Crippen LogP contribution in [0, 0.1) is 11.6 Å². The molecule has 1 heterocycles. The van der Waals surface area contributed by atoms with Crippen LogP contribution in [0.2, 0.25) is 0 Å². The van der Waals surface area contributed by atoms with Crippen molar-refractivity contribution in [3.8, 4) is 17.1 Å². The monoisotopic (exact) mass is 387 g/mol. The van der Waals surface area contributed by atoms with E-state index in [1.807, 2.05) is 0 Å². The molecule has 6 nitrogen and oxygen atoms in total. The zero-order valence-electron chi connectivity index (χ0n) is 14.4. The van der Waals surface area contributed by atoms with E-state index in [1.54, 1.807) is 6.07 Å². The van der Waals surface area contributed by atoms with Gasteiger partial charge in [0.2, 0.25) is 6.10 Å². The second-order valence-electron chi connectivity index (χ2n) is 5.78. The number of carboxylic acid groups (broad SMARTS) is 1. The van der Waals surface area contributed by atoms with Crippen molar-refractivity contribution in [3.63, 3.8) is 0 Å². The van der Waals surface area contributed by atoms with Gasteiger partial charge in [0.05, 0.1) is 6.54 Å². The molecule has 0 aliphatic heterocycles. The van der Waals surface area contributed by atoms with Gasteiger partial charge in [0.1, 0.15) is 23.1 Å². The van der Waals surface area contributed by atoms with Crippen molar-refractivity contribution in [2.75, 3.05) is 6.54 Å². The van der Waals surface area contributed by atoms with Gasteiger partial charge in [-0.1, -0.05) is 0 Å². The van der Waals surface area contributed by atoms with E-state index >= 15 is 0 Å². The first-order valence-electron chi connectivity index (χ1n) is 8.21. The number of carbonyl (C=O) groups is 2. The smallest absolute Gasteiger partial charge is 0.346 e. The van der Waals surface area contributed by atoms with Gasteiger partial charge in [-0.05, 0) is 60.7 Å². The molecule has 8 heteroatoms. The molecule has 28 heavy (non-hydrogen) atoms. The number of benzene rings is 2. The standard InChI is InChI=1S/C20H15F2NO5/c21-13-3-1-12(2-4-13)16-9-10-17(28-16)19(24)23-11-18(20(25)26)27-15-7-5-14(22)6-8-15/h1-10,18H,11H2,(H,23,24)(H,25,26). The maximum atomic E-state index is 13.0. The number of hydrogen-bond acceptors (Lipinski definition) is 4. The fourth-order valence-electron chi connectivity index (χ4n) is 2.36. The minimum Gasteiger partial charge on any atom is -0.478 e. The molecular formula is C20H15F2NO5. The molecule has 1 aromatic heterocycles. The van der Waals surface area contributed by atoms with Gasteiger partial charge in [0, 0.05) is 5.56 Å². The first-order chi connectivity index (χ1) is 13.4. The fraction of sp³-hybridized carbons (Fsp3) is 0.100. The Hall–Kier alpha value is -3.68. The van der Waals surface area contributed by atoms with Crippen molar-refractivity contribution >= 4 is 11.9 Å². The van der Waals surface area contributed by atoms with E-state index in [0.29, 0.717) is 11.3 Å². The summed E-state index contributed by atoms with van der Waals surface area (Å²) in [4.78, 5) is 23.5. The van der Waals surface area contributed by atoms with Crippen LogP contribution in [0.5, 0.6) is 5.75 Å². The molecule has 1 amide bonds. The summed E-state index contributed by atoms with van der Waals surface area (Å²) in [5.74, 6) is -2.33. The van der Waals surface area contributed by atoms with Gasteiger partial charge in [-0.2, -0.15) is 0 Å². The van der Waals surface area contributed by atoms with E-state index in [4.69, 9.17) is 9.15 Å². The molecule has 144 valence electrons. The normalized spacial score (nSPS) is 11.6. The Labute approximate surface area is 158 Å². The van der Waals surface area contributed by atoms with Crippen LogP contribution in [0.25, 0.3) is 11.3 Å². The lowest BCUT2D eigenvalue weighted by molar-refractivity contribution is -0.144. The van der Waals surface area contributed by atoms with E-state index in [9.17, 15) is 23.5 Å². The number of aliphatic carboxylic acids is 1. The van der Waals surface area contributed by atoms with E-state index in [0.717, 1.165) is 12.1 Å². The zero-order valence-corrected chi connectivity index (χ0v) is 14.4. The van der Waals surface area contributed by atoms with Crippen LogP contribution in [0.4, 0.5) is 8.78 Å². The molecule has 0 aliphatic carbocycles. The van der Waals surface area contributed by atoms with Gasteiger partial charge in [-0.3, -0.25) is 4.79 Å². The number of rotatable bonds is 7. The van der Waals surface area contributed by atoms with Gasteiger partial charge in [-0.15, -0.1) is 0 Å². The van der Waals surface area contributed by atoms with E-state index in [-0.39, 0.29) is 18.1 Å². The molecule has 2 N–H and O–H groups in total. The Kier molecular flexibility index (Phi) is 5.69. The molecule has 1 unspecified atom stereocenters. The largest absolute Gasteiger partial charge is 0.478 e. The number of furan rings is 1. The summed E-state index contributed by atoms with van der Waals surface area (Å²) in [6, 6.07) is 13.3. The summed E-state index contributed by atoms with van der Waals surface area (Å²) < 4.78 is 36.6. The fourth-order valence-corrected chi connectivity index (χ4v) is 2.36. The van der Waals surface area contributed by atoms with Crippen LogP contribution in [0.1, 0.15) is 10.6 Å². The predicted octanol–water partition coefficient (Wildman–Crippen LogP) is 3.49. The minimum atomic E-state index is -1.37. The average molecular weight is 387 g/mol. The molecule has 0 spiro atoms. The van der Waals surface area contributed by atoms with Crippen LogP contribution >= 0.6 is 0 Å². The van der Waals surface area contributed by atoms with E-state index < -0.39 is 29.6 Å². The first-order valence-corrected chi connectivity index (χ1v) is 8.21. The maximum absolute atomic E-state index is 13.0. The molecule has 2 aromatic carbocycles. The van der Waals surface area contributed by atoms with Gasteiger partial charge < -0.3 is 19.6 Å². The van der Waals surface area contributed by atoms with Crippen molar-refractivity contribution in [1.29, 1.82) is 0 Å². The SMILES string of the molecule is O=C(NCC(Oc1ccc(F)cc1)C(=O)O)c1ccc(-c2ccc(F)cc2)o1. The number of hydrogen-bond donors (Lipinski definition) is 2. The summed E-state index contributed by atoms with van der Waals surface area (Å²) in [5, 5.41) is 11.7.